The summed E-state index contributed by atoms with van der Waals surface area (Å²) in [7, 11) is -1.53. The Hall–Kier alpha value is -0.113. The van der Waals surface area contributed by atoms with Gasteiger partial charge in [0.15, 0.2) is 0 Å². The molecule has 0 aromatic heterocycles. The molecule has 0 N–H and O–H groups in total. The maximum atomic E-state index is 11.5. The third-order valence-electron chi connectivity index (χ3n) is 1.36. The van der Waals surface area contributed by atoms with Crippen LogP contribution in [0.3, 0.4) is 0 Å². The highest BCUT2D eigenvalue weighted by atomic mass is 28.3. The molecule has 0 rings (SSSR count). The number of hydrogen-bond acceptors (Lipinski definition) is 1. The standard InChI is InChI=1S/C8H18OSi/c1-8(2,3)7(9)10(4,5)6/h1-6H3. The van der Waals surface area contributed by atoms with Crippen molar-refractivity contribution in [1.82, 2.24) is 0 Å². The van der Waals surface area contributed by atoms with Crippen molar-refractivity contribution < 1.29 is 4.79 Å². The second kappa shape index (κ2) is 2.49. The average molecular weight is 158 g/mol. The maximum Gasteiger partial charge on any atom is 0.124 e. The fourth-order valence-corrected chi connectivity index (χ4v) is 3.38. The molecule has 10 heavy (non-hydrogen) atoms. The van der Waals surface area contributed by atoms with Crippen LogP contribution in [0.4, 0.5) is 0 Å². The van der Waals surface area contributed by atoms with Gasteiger partial charge in [-0.2, -0.15) is 0 Å². The Labute approximate surface area is 64.8 Å². The van der Waals surface area contributed by atoms with Crippen molar-refractivity contribution in [3.8, 4) is 0 Å². The number of hydrogen-bond donors (Lipinski definition) is 0. The molecule has 0 fully saturated rings. The van der Waals surface area contributed by atoms with Crippen molar-refractivity contribution in [2.45, 2.75) is 40.4 Å². The Morgan fingerprint density at radius 2 is 1.40 bits per heavy atom. The summed E-state index contributed by atoms with van der Waals surface area (Å²) in [5, 5.41) is 0.458. The fourth-order valence-electron chi connectivity index (χ4n) is 1.12. The SMILES string of the molecule is CC(C)(C)C(=O)[Si](C)(C)C. The molecule has 2 heteroatoms. The van der Waals surface area contributed by atoms with Crippen molar-refractivity contribution in [2.24, 2.45) is 5.41 Å². The second-order valence-corrected chi connectivity index (χ2v) is 9.78. The molecule has 0 saturated heterocycles. The van der Waals surface area contributed by atoms with Crippen LogP contribution in [0, 0.1) is 5.41 Å². The van der Waals surface area contributed by atoms with Crippen LogP contribution in [-0.4, -0.2) is 13.5 Å². The Morgan fingerprint density at radius 1 is 1.10 bits per heavy atom. The predicted molar refractivity (Wildman–Crippen MR) is 47.8 cm³/mol. The largest absolute Gasteiger partial charge is 0.305 e. The van der Waals surface area contributed by atoms with Crippen molar-refractivity contribution in [3.63, 3.8) is 0 Å². The first-order valence-corrected chi connectivity index (χ1v) is 7.20. The summed E-state index contributed by atoms with van der Waals surface area (Å²) < 4.78 is 0. The lowest BCUT2D eigenvalue weighted by Crippen LogP contribution is -2.42. The smallest absolute Gasteiger partial charge is 0.124 e. The molecule has 0 saturated carbocycles. The average Bonchev–Trinajstić information content (AvgIpc) is 1.59. The fraction of sp³-hybridized carbons (Fsp3) is 0.875. The van der Waals surface area contributed by atoms with E-state index in [1.54, 1.807) is 0 Å². The van der Waals surface area contributed by atoms with E-state index in [2.05, 4.69) is 19.6 Å². The molecule has 0 aliphatic heterocycles. The molecular weight excluding hydrogens is 140 g/mol. The molecule has 0 bridgehead atoms. The molecule has 0 aliphatic carbocycles. The van der Waals surface area contributed by atoms with Gasteiger partial charge in [0.2, 0.25) is 0 Å². The van der Waals surface area contributed by atoms with Crippen LogP contribution in [0.1, 0.15) is 20.8 Å². The van der Waals surface area contributed by atoms with Gasteiger partial charge in [0.05, 0.1) is 0 Å². The molecule has 0 heterocycles. The van der Waals surface area contributed by atoms with Crippen LogP contribution in [0.2, 0.25) is 19.6 Å². The molecule has 0 amide bonds. The van der Waals surface area contributed by atoms with Gasteiger partial charge in [0, 0.05) is 5.41 Å². The van der Waals surface area contributed by atoms with Gasteiger partial charge in [0.1, 0.15) is 13.5 Å². The quantitative estimate of drug-likeness (QED) is 0.536. The van der Waals surface area contributed by atoms with E-state index in [1.807, 2.05) is 20.8 Å². The second-order valence-electron chi connectivity index (χ2n) is 4.83. The minimum Gasteiger partial charge on any atom is -0.305 e. The highest BCUT2D eigenvalue weighted by molar-refractivity contribution is 7.03. The predicted octanol–water partition coefficient (Wildman–Crippen LogP) is 2.48. The van der Waals surface area contributed by atoms with Crippen molar-refractivity contribution in [1.29, 1.82) is 0 Å². The lowest BCUT2D eigenvalue weighted by Gasteiger charge is -2.25. The highest BCUT2D eigenvalue weighted by Crippen LogP contribution is 2.21. The molecular formula is C8H18OSi. The van der Waals surface area contributed by atoms with E-state index in [-0.39, 0.29) is 5.41 Å². The van der Waals surface area contributed by atoms with E-state index in [9.17, 15) is 4.79 Å². The minimum absolute atomic E-state index is 0.134. The van der Waals surface area contributed by atoms with Gasteiger partial charge in [-0.15, -0.1) is 0 Å². The summed E-state index contributed by atoms with van der Waals surface area (Å²) in [4.78, 5) is 11.5. The third kappa shape index (κ3) is 2.65. The first-order chi connectivity index (χ1) is 4.15. The van der Waals surface area contributed by atoms with Crippen LogP contribution in [0.25, 0.3) is 0 Å². The van der Waals surface area contributed by atoms with Gasteiger partial charge < -0.3 is 4.79 Å². The summed E-state index contributed by atoms with van der Waals surface area (Å²) in [5.74, 6) is 0. The first-order valence-electron chi connectivity index (χ1n) is 3.70. The molecule has 0 unspecified atom stereocenters. The normalized spacial score (nSPS) is 13.4. The summed E-state index contributed by atoms with van der Waals surface area (Å²) in [6.45, 7) is 12.3. The zero-order valence-corrected chi connectivity index (χ0v) is 8.91. The van der Waals surface area contributed by atoms with Gasteiger partial charge >= 0.3 is 0 Å². The van der Waals surface area contributed by atoms with Crippen LogP contribution in [0.5, 0.6) is 0 Å². The van der Waals surface area contributed by atoms with E-state index < -0.39 is 8.07 Å². The number of carbonyl (C=O) groups excluding carboxylic acids is 1. The molecule has 0 atom stereocenters. The van der Waals surface area contributed by atoms with Gasteiger partial charge in [-0.25, -0.2) is 0 Å². The van der Waals surface area contributed by atoms with Crippen molar-refractivity contribution in [2.75, 3.05) is 0 Å². The molecule has 0 aliphatic rings. The van der Waals surface area contributed by atoms with E-state index in [0.29, 0.717) is 5.41 Å². The third-order valence-corrected chi connectivity index (χ3v) is 3.47. The Bertz CT molecular complexity index is 120. The zero-order valence-electron chi connectivity index (χ0n) is 7.91. The molecule has 0 aromatic carbocycles. The van der Waals surface area contributed by atoms with Crippen LogP contribution in [-0.2, 0) is 4.79 Å². The first kappa shape index (κ1) is 9.89. The van der Waals surface area contributed by atoms with E-state index in [1.165, 1.54) is 0 Å². The summed E-state index contributed by atoms with van der Waals surface area (Å²) in [5.41, 5.74) is -0.134. The topological polar surface area (TPSA) is 17.1 Å². The summed E-state index contributed by atoms with van der Waals surface area (Å²) in [6, 6.07) is 0. The molecule has 0 radical (unpaired) electrons. The summed E-state index contributed by atoms with van der Waals surface area (Å²) >= 11 is 0. The Balaban J connectivity index is 4.40. The van der Waals surface area contributed by atoms with Crippen molar-refractivity contribution >= 4 is 13.5 Å². The molecule has 0 spiro atoms. The maximum absolute atomic E-state index is 11.5. The number of carbonyl (C=O) groups is 1. The van der Waals surface area contributed by atoms with Crippen LogP contribution in [0.15, 0.2) is 0 Å². The molecule has 0 aromatic rings. The number of rotatable bonds is 1. The zero-order chi connectivity index (χ0) is 8.58. The highest BCUT2D eigenvalue weighted by Gasteiger charge is 2.33. The van der Waals surface area contributed by atoms with Gasteiger partial charge in [-0.05, 0) is 0 Å². The van der Waals surface area contributed by atoms with E-state index >= 15 is 0 Å². The van der Waals surface area contributed by atoms with E-state index in [0.717, 1.165) is 0 Å². The van der Waals surface area contributed by atoms with Crippen LogP contribution < -0.4 is 0 Å². The van der Waals surface area contributed by atoms with Gasteiger partial charge in [-0.1, -0.05) is 40.4 Å². The minimum atomic E-state index is -1.53. The van der Waals surface area contributed by atoms with Crippen LogP contribution >= 0.6 is 0 Å². The van der Waals surface area contributed by atoms with Crippen molar-refractivity contribution in [3.05, 3.63) is 0 Å². The Morgan fingerprint density at radius 3 is 1.40 bits per heavy atom. The lowest BCUT2D eigenvalue weighted by atomic mass is 9.99. The van der Waals surface area contributed by atoms with Gasteiger partial charge in [0.25, 0.3) is 0 Å². The molecule has 1 nitrogen and oxygen atoms in total. The lowest BCUT2D eigenvalue weighted by molar-refractivity contribution is -0.119. The summed E-state index contributed by atoms with van der Waals surface area (Å²) in [6.07, 6.45) is 0. The Kier molecular flexibility index (Phi) is 2.47. The molecule has 60 valence electrons. The van der Waals surface area contributed by atoms with E-state index in [4.69, 9.17) is 0 Å². The van der Waals surface area contributed by atoms with Gasteiger partial charge in [-0.3, -0.25) is 0 Å². The monoisotopic (exact) mass is 158 g/mol.